The van der Waals surface area contributed by atoms with Gasteiger partial charge in [-0.1, -0.05) is 12.8 Å². The molecule has 0 bridgehead atoms. The van der Waals surface area contributed by atoms with Gasteiger partial charge in [-0.25, -0.2) is 17.5 Å². The monoisotopic (exact) mass is 288 g/mol. The van der Waals surface area contributed by atoms with E-state index in [0.29, 0.717) is 12.8 Å². The van der Waals surface area contributed by atoms with Crippen LogP contribution in [0.2, 0.25) is 0 Å². The van der Waals surface area contributed by atoms with Crippen LogP contribution in [0.3, 0.4) is 0 Å². The average Bonchev–Trinajstić information content (AvgIpc) is 2.78. The molecule has 1 fully saturated rings. The Hall–Kier alpha value is -1.18. The number of nitrogens with two attached hydrogens (primary N) is 1. The van der Waals surface area contributed by atoms with E-state index in [0.717, 1.165) is 25.0 Å². The summed E-state index contributed by atoms with van der Waals surface area (Å²) in [6, 6.07) is 3.17. The summed E-state index contributed by atoms with van der Waals surface area (Å²) in [5.74, 6) is -0.672. The van der Waals surface area contributed by atoms with Crippen molar-refractivity contribution in [2.45, 2.75) is 36.2 Å². The highest BCUT2D eigenvalue weighted by Crippen LogP contribution is 2.29. The lowest BCUT2D eigenvalue weighted by atomic mass is 10.0. The summed E-state index contributed by atoms with van der Waals surface area (Å²) < 4.78 is 39.5. The highest BCUT2D eigenvalue weighted by Gasteiger charge is 2.32. The number of aliphatic hydroxyl groups is 1. The molecule has 0 unspecified atom stereocenters. The molecular formula is C12H17FN2O3S. The highest BCUT2D eigenvalue weighted by atomic mass is 32.2. The van der Waals surface area contributed by atoms with Crippen LogP contribution in [0.5, 0.6) is 0 Å². The van der Waals surface area contributed by atoms with Crippen molar-refractivity contribution in [2.75, 3.05) is 12.3 Å². The van der Waals surface area contributed by atoms with Gasteiger partial charge in [0.2, 0.25) is 10.0 Å². The molecule has 1 saturated carbocycles. The molecule has 0 aromatic heterocycles. The van der Waals surface area contributed by atoms with Crippen LogP contribution in [0.25, 0.3) is 0 Å². The van der Waals surface area contributed by atoms with Crippen LogP contribution in [0.15, 0.2) is 23.1 Å². The largest absolute Gasteiger partial charge is 0.398 e. The Balaban J connectivity index is 2.16. The Morgan fingerprint density at radius 3 is 2.63 bits per heavy atom. The van der Waals surface area contributed by atoms with Crippen molar-refractivity contribution in [3.8, 4) is 0 Å². The quantitative estimate of drug-likeness (QED) is 0.720. The molecule has 1 aromatic carbocycles. The van der Waals surface area contributed by atoms with E-state index in [1.807, 2.05) is 0 Å². The van der Waals surface area contributed by atoms with E-state index in [4.69, 9.17) is 5.73 Å². The minimum atomic E-state index is -3.91. The van der Waals surface area contributed by atoms with Gasteiger partial charge in [-0.15, -0.1) is 0 Å². The van der Waals surface area contributed by atoms with Crippen molar-refractivity contribution in [1.29, 1.82) is 0 Å². The molecule has 0 radical (unpaired) electrons. The molecule has 0 saturated heterocycles. The summed E-state index contributed by atoms with van der Waals surface area (Å²) in [6.45, 7) is -0.0781. The van der Waals surface area contributed by atoms with Crippen LogP contribution in [-0.2, 0) is 10.0 Å². The van der Waals surface area contributed by atoms with Gasteiger partial charge in [0.25, 0.3) is 0 Å². The first-order valence-corrected chi connectivity index (χ1v) is 7.58. The third-order valence-electron chi connectivity index (χ3n) is 3.39. The normalized spacial score (nSPS) is 18.6. The average molecular weight is 288 g/mol. The maximum absolute atomic E-state index is 13.1. The summed E-state index contributed by atoms with van der Waals surface area (Å²) >= 11 is 0. The summed E-state index contributed by atoms with van der Waals surface area (Å²) in [5.41, 5.74) is 4.52. The van der Waals surface area contributed by atoms with Gasteiger partial charge < -0.3 is 10.8 Å². The van der Waals surface area contributed by atoms with Crippen LogP contribution >= 0.6 is 0 Å². The first-order valence-electron chi connectivity index (χ1n) is 6.10. The predicted octanol–water partition coefficient (Wildman–Crippen LogP) is 0.991. The first-order chi connectivity index (χ1) is 8.82. The van der Waals surface area contributed by atoms with Crippen molar-refractivity contribution in [3.05, 3.63) is 24.0 Å². The van der Waals surface area contributed by atoms with E-state index in [9.17, 15) is 17.9 Å². The van der Waals surface area contributed by atoms with Crippen molar-refractivity contribution in [1.82, 2.24) is 4.72 Å². The molecule has 0 spiro atoms. The standard InChI is InChI=1S/C12H17FN2O3S/c13-9-3-4-10(14)11(7-9)19(17,18)15-8-12(16)5-1-2-6-12/h3-4,7,15-16H,1-2,5-6,8,14H2. The molecule has 1 aromatic rings. The predicted molar refractivity (Wildman–Crippen MR) is 69.4 cm³/mol. The maximum atomic E-state index is 13.1. The van der Waals surface area contributed by atoms with E-state index in [1.54, 1.807) is 0 Å². The number of nitrogen functional groups attached to an aromatic ring is 1. The lowest BCUT2D eigenvalue weighted by Gasteiger charge is -2.22. The SMILES string of the molecule is Nc1ccc(F)cc1S(=O)(=O)NCC1(O)CCCC1. The molecule has 0 atom stereocenters. The van der Waals surface area contributed by atoms with Crippen molar-refractivity contribution in [3.63, 3.8) is 0 Å². The highest BCUT2D eigenvalue weighted by molar-refractivity contribution is 7.89. The Morgan fingerprint density at radius 1 is 1.37 bits per heavy atom. The van der Waals surface area contributed by atoms with Crippen LogP contribution in [0.1, 0.15) is 25.7 Å². The Morgan fingerprint density at radius 2 is 2.00 bits per heavy atom. The number of benzene rings is 1. The maximum Gasteiger partial charge on any atom is 0.242 e. The molecule has 4 N–H and O–H groups in total. The molecule has 5 nitrogen and oxygen atoms in total. The molecule has 0 amide bonds. The summed E-state index contributed by atoms with van der Waals surface area (Å²) in [7, 11) is -3.91. The second kappa shape index (κ2) is 5.07. The van der Waals surface area contributed by atoms with Gasteiger partial charge in [0, 0.05) is 6.54 Å². The minimum absolute atomic E-state index is 0.0210. The molecule has 0 aliphatic heterocycles. The first kappa shape index (κ1) is 14.2. The molecule has 2 rings (SSSR count). The third kappa shape index (κ3) is 3.23. The van der Waals surface area contributed by atoms with Crippen molar-refractivity contribution >= 4 is 15.7 Å². The van der Waals surface area contributed by atoms with Gasteiger partial charge in [-0.3, -0.25) is 0 Å². The van der Waals surface area contributed by atoms with Crippen molar-refractivity contribution < 1.29 is 17.9 Å². The third-order valence-corrected chi connectivity index (χ3v) is 4.85. The number of hydrogen-bond acceptors (Lipinski definition) is 4. The van der Waals surface area contributed by atoms with Crippen LogP contribution in [0, 0.1) is 5.82 Å². The van der Waals surface area contributed by atoms with Crippen LogP contribution in [-0.4, -0.2) is 25.7 Å². The van der Waals surface area contributed by atoms with Crippen LogP contribution in [0.4, 0.5) is 10.1 Å². The Kier molecular flexibility index (Phi) is 3.80. The molecule has 7 heteroatoms. The number of halogens is 1. The smallest absolute Gasteiger partial charge is 0.242 e. The zero-order chi connectivity index (χ0) is 14.1. The second-order valence-electron chi connectivity index (χ2n) is 4.94. The van der Waals surface area contributed by atoms with E-state index in [-0.39, 0.29) is 17.1 Å². The number of nitrogens with one attached hydrogen (secondary N) is 1. The van der Waals surface area contributed by atoms with Gasteiger partial charge in [-0.2, -0.15) is 0 Å². The van der Waals surface area contributed by atoms with E-state index in [1.165, 1.54) is 6.07 Å². The molecule has 19 heavy (non-hydrogen) atoms. The molecule has 1 aliphatic carbocycles. The molecule has 1 aliphatic rings. The van der Waals surface area contributed by atoms with E-state index >= 15 is 0 Å². The molecular weight excluding hydrogens is 271 g/mol. The lowest BCUT2D eigenvalue weighted by molar-refractivity contribution is 0.0532. The van der Waals surface area contributed by atoms with Gasteiger partial charge in [0.15, 0.2) is 0 Å². The topological polar surface area (TPSA) is 92.4 Å². The fourth-order valence-corrected chi connectivity index (χ4v) is 3.52. The number of hydrogen-bond donors (Lipinski definition) is 3. The lowest BCUT2D eigenvalue weighted by Crippen LogP contribution is -2.40. The zero-order valence-corrected chi connectivity index (χ0v) is 11.2. The molecule has 0 heterocycles. The Bertz CT molecular complexity index is 568. The van der Waals surface area contributed by atoms with E-state index in [2.05, 4.69) is 4.72 Å². The van der Waals surface area contributed by atoms with Gasteiger partial charge in [0.1, 0.15) is 10.7 Å². The number of sulfonamides is 1. The van der Waals surface area contributed by atoms with Gasteiger partial charge in [-0.05, 0) is 31.0 Å². The van der Waals surface area contributed by atoms with Gasteiger partial charge in [0.05, 0.1) is 11.3 Å². The fourth-order valence-electron chi connectivity index (χ4n) is 2.26. The van der Waals surface area contributed by atoms with Crippen LogP contribution < -0.4 is 10.5 Å². The van der Waals surface area contributed by atoms with Crippen molar-refractivity contribution in [2.24, 2.45) is 0 Å². The second-order valence-corrected chi connectivity index (χ2v) is 6.67. The van der Waals surface area contributed by atoms with Gasteiger partial charge >= 0.3 is 0 Å². The Labute approximate surface area is 111 Å². The number of anilines is 1. The van der Waals surface area contributed by atoms with E-state index < -0.39 is 21.4 Å². The zero-order valence-electron chi connectivity index (χ0n) is 10.4. The summed E-state index contributed by atoms with van der Waals surface area (Å²) in [6.07, 6.45) is 2.88. The minimum Gasteiger partial charge on any atom is -0.398 e. The summed E-state index contributed by atoms with van der Waals surface area (Å²) in [5, 5.41) is 10.1. The number of rotatable bonds is 4. The fraction of sp³-hybridized carbons (Fsp3) is 0.500. The molecule has 106 valence electrons. The summed E-state index contributed by atoms with van der Waals surface area (Å²) in [4.78, 5) is -0.297.